The largest absolute Gasteiger partial charge is 0.540 e. The van der Waals surface area contributed by atoms with E-state index in [4.69, 9.17) is 4.74 Å². The third-order valence-electron chi connectivity index (χ3n) is 3.20. The number of methoxy groups -OCH3 is 1. The van der Waals surface area contributed by atoms with Gasteiger partial charge in [0.2, 0.25) is 0 Å². The molecule has 3 rings (SSSR count). The summed E-state index contributed by atoms with van der Waals surface area (Å²) in [5.74, 6) is 0.823. The van der Waals surface area contributed by atoms with Crippen LogP contribution in [0.15, 0.2) is 47.5 Å². The molecule has 19 heavy (non-hydrogen) atoms. The van der Waals surface area contributed by atoms with Crippen molar-refractivity contribution in [1.82, 2.24) is 0 Å². The van der Waals surface area contributed by atoms with Crippen LogP contribution >= 0.6 is 0 Å². The van der Waals surface area contributed by atoms with E-state index in [0.717, 1.165) is 30.0 Å². The normalized spacial score (nSPS) is 13.0. The fourth-order valence-electron chi connectivity index (χ4n) is 2.26. The number of benzene rings is 2. The first-order valence-electron chi connectivity index (χ1n) is 6.07. The summed E-state index contributed by atoms with van der Waals surface area (Å²) in [4.78, 5) is 4.64. The molecule has 99 valence electrons. The summed E-state index contributed by atoms with van der Waals surface area (Å²) >= 11 is 0. The van der Waals surface area contributed by atoms with Crippen molar-refractivity contribution in [1.29, 1.82) is 0 Å². The summed E-state index contributed by atoms with van der Waals surface area (Å²) in [7, 11) is 1.66. The molecule has 0 bridgehead atoms. The second kappa shape index (κ2) is 6.14. The third-order valence-corrected chi connectivity index (χ3v) is 3.20. The van der Waals surface area contributed by atoms with E-state index in [0.29, 0.717) is 0 Å². The van der Waals surface area contributed by atoms with Crippen LogP contribution in [0, 0.1) is 6.07 Å². The maximum absolute atomic E-state index is 5.15. The Kier molecular flexibility index (Phi) is 4.51. The van der Waals surface area contributed by atoms with Crippen LogP contribution in [0.4, 0.5) is 0 Å². The third kappa shape index (κ3) is 2.78. The minimum atomic E-state index is 0. The Hall–Kier alpha value is -1.44. The monoisotopic (exact) mass is 429 g/mol. The Morgan fingerprint density at radius 1 is 1.16 bits per heavy atom. The smallest absolute Gasteiger partial charge is 0.0647 e. The van der Waals surface area contributed by atoms with Gasteiger partial charge in [-0.3, -0.25) is 0 Å². The van der Waals surface area contributed by atoms with Gasteiger partial charge in [0.1, 0.15) is 0 Å². The van der Waals surface area contributed by atoms with Crippen LogP contribution in [-0.2, 0) is 26.5 Å². The molecule has 0 amide bonds. The zero-order valence-electron chi connectivity index (χ0n) is 10.6. The average Bonchev–Trinajstić information content (AvgIpc) is 2.47. The van der Waals surface area contributed by atoms with Gasteiger partial charge in [0, 0.05) is 32.4 Å². The number of rotatable bonds is 2. The van der Waals surface area contributed by atoms with Gasteiger partial charge in [-0.25, -0.2) is 0 Å². The predicted molar refractivity (Wildman–Crippen MR) is 72.5 cm³/mol. The fraction of sp³-hybridized carbons (Fsp3) is 0.188. The van der Waals surface area contributed by atoms with Crippen molar-refractivity contribution in [2.24, 2.45) is 4.99 Å². The van der Waals surface area contributed by atoms with E-state index >= 15 is 0 Å². The van der Waals surface area contributed by atoms with Crippen molar-refractivity contribution in [2.45, 2.75) is 6.42 Å². The van der Waals surface area contributed by atoms with E-state index in [-0.39, 0.29) is 20.1 Å². The average molecular weight is 429 g/mol. The molecule has 0 aliphatic carbocycles. The maximum atomic E-state index is 5.15. The summed E-state index contributed by atoms with van der Waals surface area (Å²) in [6.45, 7) is 0.853. The first kappa shape index (κ1) is 14.0. The minimum Gasteiger partial charge on any atom is -0.540 e. The molecule has 0 atom stereocenters. The number of hydrogen-bond donors (Lipinski definition) is 0. The number of nitrogens with zero attached hydrogens (tertiary/aromatic N) is 1. The summed E-state index contributed by atoms with van der Waals surface area (Å²) in [5, 5.41) is 0. The maximum Gasteiger partial charge on any atom is 0.0647 e. The number of hydrogen-bond acceptors (Lipinski definition) is 2. The second-order valence-corrected chi connectivity index (χ2v) is 4.28. The molecule has 0 N–H and O–H groups in total. The van der Waals surface area contributed by atoms with Crippen LogP contribution in [-0.4, -0.2) is 19.4 Å². The van der Waals surface area contributed by atoms with Crippen LogP contribution in [0.2, 0.25) is 0 Å². The van der Waals surface area contributed by atoms with E-state index in [1.807, 2.05) is 18.2 Å². The van der Waals surface area contributed by atoms with Gasteiger partial charge in [0.25, 0.3) is 0 Å². The van der Waals surface area contributed by atoms with Crippen LogP contribution in [0.1, 0.15) is 16.7 Å². The zero-order valence-corrected chi connectivity index (χ0v) is 13.0. The van der Waals surface area contributed by atoms with E-state index in [9.17, 15) is 0 Å². The van der Waals surface area contributed by atoms with Crippen molar-refractivity contribution in [2.75, 3.05) is 13.7 Å². The van der Waals surface area contributed by atoms with Gasteiger partial charge in [0.15, 0.2) is 0 Å². The fourth-order valence-corrected chi connectivity index (χ4v) is 2.26. The Bertz CT molecular complexity index is 590. The van der Waals surface area contributed by atoms with Gasteiger partial charge in [-0.05, 0) is 23.3 Å². The number of ether oxygens (including phenoxy) is 1. The molecule has 0 spiro atoms. The van der Waals surface area contributed by atoms with Crippen molar-refractivity contribution in [3.05, 3.63) is 65.2 Å². The van der Waals surface area contributed by atoms with Crippen molar-refractivity contribution in [3.8, 4) is 5.75 Å². The van der Waals surface area contributed by atoms with Gasteiger partial charge in [-0.15, -0.1) is 29.8 Å². The molecule has 2 aromatic carbocycles. The molecule has 0 aromatic heterocycles. The van der Waals surface area contributed by atoms with Gasteiger partial charge in [-0.2, -0.15) is 0 Å². The molecular weight excluding hydrogens is 414 g/mol. The SMILES string of the molecule is COc1c[c-]c(C2=NCCc3ccccc32)cc1.[Ir]. The Morgan fingerprint density at radius 2 is 2.00 bits per heavy atom. The number of aliphatic imine (C=N–C) groups is 1. The Labute approximate surface area is 126 Å². The van der Waals surface area contributed by atoms with Crippen molar-refractivity contribution < 1.29 is 24.8 Å². The van der Waals surface area contributed by atoms with E-state index in [2.05, 4.69) is 35.3 Å². The van der Waals surface area contributed by atoms with Crippen molar-refractivity contribution >= 4 is 5.71 Å². The van der Waals surface area contributed by atoms with Crippen LogP contribution < -0.4 is 4.74 Å². The van der Waals surface area contributed by atoms with Gasteiger partial charge in [-0.1, -0.05) is 24.3 Å². The van der Waals surface area contributed by atoms with Gasteiger partial charge >= 0.3 is 0 Å². The molecule has 0 fully saturated rings. The first-order valence-corrected chi connectivity index (χ1v) is 6.07. The molecule has 1 aliphatic heterocycles. The molecule has 1 heterocycles. The molecular formula is C16H14IrNO-. The molecule has 0 saturated carbocycles. The minimum absolute atomic E-state index is 0. The van der Waals surface area contributed by atoms with E-state index in [1.165, 1.54) is 11.1 Å². The van der Waals surface area contributed by atoms with Crippen LogP contribution in [0.5, 0.6) is 5.75 Å². The molecule has 1 radical (unpaired) electrons. The topological polar surface area (TPSA) is 21.6 Å². The van der Waals surface area contributed by atoms with Crippen molar-refractivity contribution in [3.63, 3.8) is 0 Å². The summed E-state index contributed by atoms with van der Waals surface area (Å²) < 4.78 is 5.15. The molecule has 2 aromatic rings. The number of fused-ring (bicyclic) bond motifs is 1. The predicted octanol–water partition coefficient (Wildman–Crippen LogP) is 2.89. The quantitative estimate of drug-likeness (QED) is 0.675. The Morgan fingerprint density at radius 3 is 2.74 bits per heavy atom. The second-order valence-electron chi connectivity index (χ2n) is 4.28. The molecule has 0 saturated heterocycles. The first-order chi connectivity index (χ1) is 8.88. The summed E-state index contributed by atoms with van der Waals surface area (Å²) in [6, 6.07) is 17.5. The zero-order chi connectivity index (χ0) is 12.4. The van der Waals surface area contributed by atoms with Gasteiger partial charge in [0.05, 0.1) is 7.11 Å². The molecule has 2 nitrogen and oxygen atoms in total. The Balaban J connectivity index is 0.00000133. The van der Waals surface area contributed by atoms with Crippen LogP contribution in [0.25, 0.3) is 0 Å². The van der Waals surface area contributed by atoms with Crippen LogP contribution in [0.3, 0.4) is 0 Å². The standard InChI is InChI=1S/C16H14NO.Ir/c1-18-14-8-6-13(7-9-14)16-15-5-3-2-4-12(15)10-11-17-16;/h2-6,8-9H,10-11H2,1H3;/q-1;. The summed E-state index contributed by atoms with van der Waals surface area (Å²) in [5.41, 5.74) is 4.67. The molecule has 3 heteroatoms. The van der Waals surface area contributed by atoms with Gasteiger partial charge < -0.3 is 9.73 Å². The summed E-state index contributed by atoms with van der Waals surface area (Å²) in [6.07, 6.45) is 1.02. The van der Waals surface area contributed by atoms with E-state index in [1.54, 1.807) is 7.11 Å². The van der Waals surface area contributed by atoms with E-state index < -0.39 is 0 Å². The molecule has 1 aliphatic rings. The molecule has 0 unspecified atom stereocenters.